The number of hydrogen-bond donors (Lipinski definition) is 0. The number of benzene rings is 1. The van der Waals surface area contributed by atoms with Gasteiger partial charge in [-0.25, -0.2) is 8.78 Å². The number of rotatable bonds is 2. The maximum atomic E-state index is 13.0. The molecule has 1 aromatic rings. The minimum atomic E-state index is -4.24. The maximum absolute atomic E-state index is 13.0. The topological polar surface area (TPSA) is 43.4 Å². The van der Waals surface area contributed by atoms with Crippen molar-refractivity contribution in [2.45, 2.75) is 4.90 Å². The molecule has 0 bridgehead atoms. The van der Waals surface area contributed by atoms with E-state index in [1.807, 2.05) is 0 Å². The first-order valence-electron chi connectivity index (χ1n) is 3.33. The summed E-state index contributed by atoms with van der Waals surface area (Å²) in [6.45, 7) is 0. The van der Waals surface area contributed by atoms with Crippen LogP contribution in [0.15, 0.2) is 17.0 Å². The Morgan fingerprint density at radius 2 is 1.86 bits per heavy atom. The molecule has 14 heavy (non-hydrogen) atoms. The molecule has 0 fully saturated rings. The summed E-state index contributed by atoms with van der Waals surface area (Å²) in [5.74, 6) is -2.18. The van der Waals surface area contributed by atoms with Gasteiger partial charge in [0.1, 0.15) is 16.5 Å². The first-order valence-corrected chi connectivity index (χ1v) is 5.12. The zero-order chi connectivity index (χ0) is 10.9. The fourth-order valence-electron chi connectivity index (χ4n) is 0.786. The van der Waals surface area contributed by atoms with Crippen molar-refractivity contribution in [3.05, 3.63) is 28.8 Å². The first kappa shape index (κ1) is 11.4. The highest BCUT2D eigenvalue weighted by atomic mass is 35.5. The standard InChI is InChI=1S/C7H5ClF2O3S/c1-13-14(11,12)7-3-5(9)4(8)2-6(7)10/h2-3H,1H3. The lowest BCUT2D eigenvalue weighted by atomic mass is 10.3. The molecular weight excluding hydrogens is 238 g/mol. The van der Waals surface area contributed by atoms with Crippen molar-refractivity contribution >= 4 is 21.7 Å². The molecule has 0 aliphatic carbocycles. The van der Waals surface area contributed by atoms with Crippen LogP contribution in [0.1, 0.15) is 0 Å². The minimum Gasteiger partial charge on any atom is -0.270 e. The van der Waals surface area contributed by atoms with Crippen molar-refractivity contribution in [2.75, 3.05) is 7.11 Å². The molecule has 7 heteroatoms. The fraction of sp³-hybridized carbons (Fsp3) is 0.143. The molecule has 0 saturated carbocycles. The largest absolute Gasteiger partial charge is 0.299 e. The van der Waals surface area contributed by atoms with Gasteiger partial charge in [0.05, 0.1) is 12.1 Å². The Kier molecular flexibility index (Phi) is 3.08. The summed E-state index contributed by atoms with van der Waals surface area (Å²) in [5.41, 5.74) is 0. The zero-order valence-corrected chi connectivity index (χ0v) is 8.49. The van der Waals surface area contributed by atoms with Gasteiger partial charge in [-0.2, -0.15) is 8.42 Å². The van der Waals surface area contributed by atoms with Gasteiger partial charge in [0.15, 0.2) is 0 Å². The Balaban J connectivity index is 3.45. The second-order valence-electron chi connectivity index (χ2n) is 2.32. The summed E-state index contributed by atoms with van der Waals surface area (Å²) in [6.07, 6.45) is 0. The molecular formula is C7H5ClF2O3S. The molecule has 0 unspecified atom stereocenters. The smallest absolute Gasteiger partial charge is 0.270 e. The van der Waals surface area contributed by atoms with E-state index < -0.39 is 31.7 Å². The van der Waals surface area contributed by atoms with Crippen molar-refractivity contribution in [1.29, 1.82) is 0 Å². The molecule has 0 N–H and O–H groups in total. The lowest BCUT2D eigenvalue weighted by Gasteiger charge is -2.03. The Hall–Kier alpha value is -0.720. The van der Waals surface area contributed by atoms with E-state index in [0.717, 1.165) is 7.11 Å². The average Bonchev–Trinajstić information content (AvgIpc) is 2.11. The van der Waals surface area contributed by atoms with E-state index >= 15 is 0 Å². The molecule has 1 aromatic carbocycles. The summed E-state index contributed by atoms with van der Waals surface area (Å²) in [7, 11) is -3.39. The molecule has 3 nitrogen and oxygen atoms in total. The third-order valence-corrected chi connectivity index (χ3v) is 3.04. The molecule has 0 spiro atoms. The lowest BCUT2D eigenvalue weighted by molar-refractivity contribution is 0.392. The van der Waals surface area contributed by atoms with E-state index in [2.05, 4.69) is 4.18 Å². The maximum Gasteiger partial charge on any atom is 0.299 e. The van der Waals surface area contributed by atoms with Gasteiger partial charge in [0.2, 0.25) is 0 Å². The highest BCUT2D eigenvalue weighted by molar-refractivity contribution is 7.86. The fourth-order valence-corrected chi connectivity index (χ4v) is 1.66. The first-order chi connectivity index (χ1) is 6.38. The van der Waals surface area contributed by atoms with Crippen LogP contribution in [0.3, 0.4) is 0 Å². The molecule has 0 aromatic heterocycles. The molecule has 0 heterocycles. The van der Waals surface area contributed by atoms with Crippen molar-refractivity contribution in [3.63, 3.8) is 0 Å². The Morgan fingerprint density at radius 3 is 2.36 bits per heavy atom. The molecule has 1 rings (SSSR count). The normalized spacial score (nSPS) is 11.7. The van der Waals surface area contributed by atoms with Gasteiger partial charge >= 0.3 is 0 Å². The van der Waals surface area contributed by atoms with Crippen LogP contribution in [0.25, 0.3) is 0 Å². The van der Waals surface area contributed by atoms with Gasteiger partial charge in [-0.15, -0.1) is 0 Å². The van der Waals surface area contributed by atoms with Gasteiger partial charge in [-0.1, -0.05) is 11.6 Å². The highest BCUT2D eigenvalue weighted by Gasteiger charge is 2.20. The molecule has 0 saturated heterocycles. The van der Waals surface area contributed by atoms with Crippen LogP contribution < -0.4 is 0 Å². The van der Waals surface area contributed by atoms with Crippen LogP contribution in [0.2, 0.25) is 5.02 Å². The van der Waals surface area contributed by atoms with Crippen molar-refractivity contribution in [3.8, 4) is 0 Å². The number of hydrogen-bond acceptors (Lipinski definition) is 3. The van der Waals surface area contributed by atoms with Crippen LogP contribution in [-0.4, -0.2) is 15.5 Å². The Labute approximate surface area is 84.4 Å². The predicted octanol–water partition coefficient (Wildman–Crippen LogP) is 1.95. The quantitative estimate of drug-likeness (QED) is 0.588. The predicted molar refractivity (Wildman–Crippen MR) is 45.6 cm³/mol. The molecule has 0 amide bonds. The van der Waals surface area contributed by atoms with E-state index in [1.165, 1.54) is 0 Å². The summed E-state index contributed by atoms with van der Waals surface area (Å²) < 4.78 is 51.9. The van der Waals surface area contributed by atoms with Crippen molar-refractivity contribution in [1.82, 2.24) is 0 Å². The van der Waals surface area contributed by atoms with Crippen LogP contribution in [-0.2, 0) is 14.3 Å². The Bertz CT molecular complexity index is 458. The van der Waals surface area contributed by atoms with Gasteiger partial charge in [-0.3, -0.25) is 4.18 Å². The van der Waals surface area contributed by atoms with E-state index in [9.17, 15) is 17.2 Å². The summed E-state index contributed by atoms with van der Waals surface area (Å²) in [5, 5.41) is -0.488. The van der Waals surface area contributed by atoms with Crippen molar-refractivity contribution < 1.29 is 21.4 Å². The van der Waals surface area contributed by atoms with Crippen molar-refractivity contribution in [2.24, 2.45) is 0 Å². The van der Waals surface area contributed by atoms with Crippen LogP contribution in [0.5, 0.6) is 0 Å². The third-order valence-electron chi connectivity index (χ3n) is 1.46. The molecule has 0 aliphatic heterocycles. The second-order valence-corrected chi connectivity index (χ2v) is 4.41. The van der Waals surface area contributed by atoms with E-state index in [1.54, 1.807) is 0 Å². The molecule has 0 aliphatic rings. The number of halogens is 3. The zero-order valence-electron chi connectivity index (χ0n) is 6.92. The molecule has 0 radical (unpaired) electrons. The summed E-state index contributed by atoms with van der Waals surface area (Å²) >= 11 is 5.23. The SMILES string of the molecule is COS(=O)(=O)c1cc(F)c(Cl)cc1F. The molecule has 78 valence electrons. The Morgan fingerprint density at radius 1 is 1.29 bits per heavy atom. The summed E-state index contributed by atoms with van der Waals surface area (Å²) in [6, 6.07) is 1.04. The van der Waals surface area contributed by atoms with Crippen LogP contribution >= 0.6 is 11.6 Å². The monoisotopic (exact) mass is 242 g/mol. The van der Waals surface area contributed by atoms with Gasteiger partial charge in [-0.05, 0) is 12.1 Å². The van der Waals surface area contributed by atoms with E-state index in [4.69, 9.17) is 11.6 Å². The van der Waals surface area contributed by atoms with Gasteiger partial charge < -0.3 is 0 Å². The molecule has 0 atom stereocenters. The highest BCUT2D eigenvalue weighted by Crippen LogP contribution is 2.23. The third kappa shape index (κ3) is 2.02. The second kappa shape index (κ2) is 3.80. The summed E-state index contributed by atoms with van der Waals surface area (Å²) in [4.78, 5) is -0.873. The van der Waals surface area contributed by atoms with Gasteiger partial charge in [0.25, 0.3) is 10.1 Å². The van der Waals surface area contributed by atoms with Crippen LogP contribution in [0.4, 0.5) is 8.78 Å². The average molecular weight is 243 g/mol. The van der Waals surface area contributed by atoms with Crippen LogP contribution in [0, 0.1) is 11.6 Å². The minimum absolute atomic E-state index is 0.469. The lowest BCUT2D eigenvalue weighted by Crippen LogP contribution is -2.06. The van der Waals surface area contributed by atoms with Gasteiger partial charge in [0, 0.05) is 0 Å². The van der Waals surface area contributed by atoms with E-state index in [-0.39, 0.29) is 0 Å². The van der Waals surface area contributed by atoms with E-state index in [0.29, 0.717) is 12.1 Å².